The first-order valence-corrected chi connectivity index (χ1v) is 5.15. The molecule has 0 radical (unpaired) electrons. The standard InChI is InChI=1S/C10H9BrO2/c11-5-9(12)10-8-4-2-1-3-7(8)6-13-10/h1-4,6,9,12H,5H2. The van der Waals surface area contributed by atoms with Crippen LogP contribution in [0.1, 0.15) is 11.9 Å². The van der Waals surface area contributed by atoms with E-state index in [0.717, 1.165) is 10.8 Å². The molecule has 1 aromatic carbocycles. The van der Waals surface area contributed by atoms with E-state index in [4.69, 9.17) is 4.42 Å². The van der Waals surface area contributed by atoms with Crippen LogP contribution in [0.2, 0.25) is 0 Å². The third-order valence-corrected chi connectivity index (χ3v) is 2.60. The summed E-state index contributed by atoms with van der Waals surface area (Å²) in [5, 5.41) is 12.1. The fraction of sp³-hybridized carbons (Fsp3) is 0.200. The molecule has 1 N–H and O–H groups in total. The van der Waals surface area contributed by atoms with Gasteiger partial charge in [0.2, 0.25) is 0 Å². The Hall–Kier alpha value is -0.800. The maximum Gasteiger partial charge on any atom is 0.140 e. The van der Waals surface area contributed by atoms with Crippen molar-refractivity contribution < 1.29 is 9.52 Å². The average molecular weight is 241 g/mol. The second kappa shape index (κ2) is 3.52. The summed E-state index contributed by atoms with van der Waals surface area (Å²) in [4.78, 5) is 0. The summed E-state index contributed by atoms with van der Waals surface area (Å²) in [7, 11) is 0. The average Bonchev–Trinajstić information content (AvgIpc) is 2.60. The zero-order valence-corrected chi connectivity index (χ0v) is 8.49. The molecular weight excluding hydrogens is 232 g/mol. The smallest absolute Gasteiger partial charge is 0.140 e. The molecule has 2 nitrogen and oxygen atoms in total. The van der Waals surface area contributed by atoms with E-state index in [-0.39, 0.29) is 0 Å². The summed E-state index contributed by atoms with van der Waals surface area (Å²) in [6, 6.07) is 7.79. The fourth-order valence-electron chi connectivity index (χ4n) is 1.34. The molecule has 1 aromatic heterocycles. The van der Waals surface area contributed by atoms with Crippen LogP contribution in [0.5, 0.6) is 0 Å². The van der Waals surface area contributed by atoms with Crippen molar-refractivity contribution in [2.45, 2.75) is 6.10 Å². The van der Waals surface area contributed by atoms with E-state index in [1.54, 1.807) is 6.26 Å². The van der Waals surface area contributed by atoms with Crippen molar-refractivity contribution in [3.8, 4) is 0 Å². The zero-order valence-electron chi connectivity index (χ0n) is 6.90. The molecule has 2 aromatic rings. The highest BCUT2D eigenvalue weighted by Gasteiger charge is 2.13. The highest BCUT2D eigenvalue weighted by molar-refractivity contribution is 9.09. The van der Waals surface area contributed by atoms with Gasteiger partial charge in [0.15, 0.2) is 0 Å². The van der Waals surface area contributed by atoms with Crippen LogP contribution >= 0.6 is 15.9 Å². The van der Waals surface area contributed by atoms with E-state index in [9.17, 15) is 5.11 Å². The number of hydrogen-bond acceptors (Lipinski definition) is 2. The minimum atomic E-state index is -0.570. The summed E-state index contributed by atoms with van der Waals surface area (Å²) in [6.07, 6.45) is 1.09. The van der Waals surface area contributed by atoms with Gasteiger partial charge in [0, 0.05) is 16.1 Å². The molecule has 0 spiro atoms. The number of alkyl halides is 1. The van der Waals surface area contributed by atoms with Crippen molar-refractivity contribution in [2.75, 3.05) is 5.33 Å². The van der Waals surface area contributed by atoms with Gasteiger partial charge in [-0.15, -0.1) is 0 Å². The molecule has 3 heteroatoms. The maximum atomic E-state index is 9.58. The number of fused-ring (bicyclic) bond motifs is 1. The molecular formula is C10H9BrO2. The maximum absolute atomic E-state index is 9.58. The summed E-state index contributed by atoms with van der Waals surface area (Å²) in [6.45, 7) is 0. The second-order valence-corrected chi connectivity index (χ2v) is 3.50. The van der Waals surface area contributed by atoms with Gasteiger partial charge >= 0.3 is 0 Å². The molecule has 0 aliphatic rings. The van der Waals surface area contributed by atoms with E-state index < -0.39 is 6.10 Å². The van der Waals surface area contributed by atoms with Gasteiger partial charge in [-0.25, -0.2) is 0 Å². The van der Waals surface area contributed by atoms with Gasteiger partial charge in [-0.05, 0) is 0 Å². The number of furan rings is 1. The monoisotopic (exact) mass is 240 g/mol. The number of hydrogen-bond donors (Lipinski definition) is 1. The van der Waals surface area contributed by atoms with Gasteiger partial charge in [-0.1, -0.05) is 40.2 Å². The lowest BCUT2D eigenvalue weighted by Gasteiger charge is -2.02. The Morgan fingerprint density at radius 3 is 2.92 bits per heavy atom. The zero-order chi connectivity index (χ0) is 9.26. The van der Waals surface area contributed by atoms with Crippen LogP contribution in [0.25, 0.3) is 10.8 Å². The van der Waals surface area contributed by atoms with Crippen molar-refractivity contribution >= 4 is 26.7 Å². The molecule has 1 heterocycles. The fourth-order valence-corrected chi connectivity index (χ4v) is 1.64. The largest absolute Gasteiger partial charge is 0.465 e. The quantitative estimate of drug-likeness (QED) is 0.820. The Morgan fingerprint density at radius 2 is 2.15 bits per heavy atom. The summed E-state index contributed by atoms with van der Waals surface area (Å²) in [5.41, 5.74) is 0. The highest BCUT2D eigenvalue weighted by Crippen LogP contribution is 2.26. The molecule has 0 fully saturated rings. The molecule has 68 valence electrons. The van der Waals surface area contributed by atoms with Gasteiger partial charge in [0.25, 0.3) is 0 Å². The summed E-state index contributed by atoms with van der Waals surface area (Å²) >= 11 is 3.21. The van der Waals surface area contributed by atoms with Crippen molar-refractivity contribution in [3.63, 3.8) is 0 Å². The number of halogens is 1. The molecule has 0 aliphatic carbocycles. The van der Waals surface area contributed by atoms with Gasteiger partial charge in [-0.3, -0.25) is 0 Å². The predicted molar refractivity (Wildman–Crippen MR) is 55.0 cm³/mol. The Bertz CT molecular complexity index is 408. The van der Waals surface area contributed by atoms with Crippen LogP contribution in [-0.2, 0) is 0 Å². The lowest BCUT2D eigenvalue weighted by Crippen LogP contribution is -1.96. The first-order valence-electron chi connectivity index (χ1n) is 4.03. The third-order valence-electron chi connectivity index (χ3n) is 1.99. The van der Waals surface area contributed by atoms with E-state index in [2.05, 4.69) is 15.9 Å². The first kappa shape index (κ1) is 8.78. The minimum Gasteiger partial charge on any atom is -0.465 e. The molecule has 0 saturated carbocycles. The van der Waals surface area contributed by atoms with Gasteiger partial charge in [0.05, 0.1) is 6.26 Å². The molecule has 0 amide bonds. The van der Waals surface area contributed by atoms with Gasteiger partial charge in [-0.2, -0.15) is 0 Å². The lowest BCUT2D eigenvalue weighted by atomic mass is 10.1. The lowest BCUT2D eigenvalue weighted by molar-refractivity contribution is 0.177. The topological polar surface area (TPSA) is 33.4 Å². The van der Waals surface area contributed by atoms with Crippen LogP contribution in [-0.4, -0.2) is 10.4 Å². The van der Waals surface area contributed by atoms with Crippen molar-refractivity contribution in [1.29, 1.82) is 0 Å². The minimum absolute atomic E-state index is 0.491. The molecule has 0 saturated heterocycles. The molecule has 2 rings (SSSR count). The highest BCUT2D eigenvalue weighted by atomic mass is 79.9. The Labute approximate surface area is 84.3 Å². The van der Waals surface area contributed by atoms with E-state index in [1.807, 2.05) is 24.3 Å². The SMILES string of the molecule is OC(CBr)c1occ2ccccc12. The van der Waals surface area contributed by atoms with Crippen molar-refractivity contribution in [1.82, 2.24) is 0 Å². The molecule has 13 heavy (non-hydrogen) atoms. The van der Waals surface area contributed by atoms with Crippen LogP contribution < -0.4 is 0 Å². The molecule has 0 bridgehead atoms. The van der Waals surface area contributed by atoms with E-state index >= 15 is 0 Å². The molecule has 1 atom stereocenters. The van der Waals surface area contributed by atoms with Gasteiger partial charge < -0.3 is 9.52 Å². The van der Waals surface area contributed by atoms with Crippen molar-refractivity contribution in [3.05, 3.63) is 36.3 Å². The van der Waals surface area contributed by atoms with Crippen LogP contribution in [0.15, 0.2) is 34.9 Å². The van der Waals surface area contributed by atoms with Crippen LogP contribution in [0.3, 0.4) is 0 Å². The number of rotatable bonds is 2. The van der Waals surface area contributed by atoms with Crippen LogP contribution in [0, 0.1) is 0 Å². The predicted octanol–water partition coefficient (Wildman–Crippen LogP) is 2.86. The Kier molecular flexibility index (Phi) is 2.38. The number of aliphatic hydroxyl groups is 1. The van der Waals surface area contributed by atoms with E-state index in [1.165, 1.54) is 0 Å². The second-order valence-electron chi connectivity index (χ2n) is 2.86. The molecule has 0 aliphatic heterocycles. The van der Waals surface area contributed by atoms with Gasteiger partial charge in [0.1, 0.15) is 11.9 Å². The van der Waals surface area contributed by atoms with Crippen molar-refractivity contribution in [2.24, 2.45) is 0 Å². The Morgan fingerprint density at radius 1 is 1.38 bits per heavy atom. The van der Waals surface area contributed by atoms with Crippen LogP contribution in [0.4, 0.5) is 0 Å². The van der Waals surface area contributed by atoms with E-state index in [0.29, 0.717) is 11.1 Å². The first-order chi connectivity index (χ1) is 6.33. The number of benzene rings is 1. The third kappa shape index (κ3) is 1.49. The summed E-state index contributed by atoms with van der Waals surface area (Å²) < 4.78 is 5.29. The number of aliphatic hydroxyl groups excluding tert-OH is 1. The Balaban J connectivity index is 2.57. The normalized spacial score (nSPS) is 13.4. The molecule has 1 unspecified atom stereocenters. The summed E-state index contributed by atoms with van der Waals surface area (Å²) in [5.74, 6) is 0.632.